The summed E-state index contributed by atoms with van der Waals surface area (Å²) in [5.41, 5.74) is 1.41. The second kappa shape index (κ2) is 2.55. The molecule has 0 saturated heterocycles. The van der Waals surface area contributed by atoms with Gasteiger partial charge in [0.15, 0.2) is 11.2 Å². The second-order valence-electron chi connectivity index (χ2n) is 2.75. The summed E-state index contributed by atoms with van der Waals surface area (Å²) < 4.78 is 1.61. The Hall–Kier alpha value is -1.91. The molecule has 0 saturated carbocycles. The summed E-state index contributed by atoms with van der Waals surface area (Å²) >= 11 is 0. The third-order valence-corrected chi connectivity index (χ3v) is 1.76. The van der Waals surface area contributed by atoms with E-state index in [1.807, 2.05) is 0 Å². The monoisotopic (exact) mass is 176 g/mol. The SMILES string of the molecule is C=C(C)n1cnc2nc[nH]c(=O)c21. The Balaban J connectivity index is 2.95. The van der Waals surface area contributed by atoms with Crippen LogP contribution in [0.15, 0.2) is 24.0 Å². The summed E-state index contributed by atoms with van der Waals surface area (Å²) in [6.45, 7) is 5.53. The largest absolute Gasteiger partial charge is 0.311 e. The second-order valence-corrected chi connectivity index (χ2v) is 2.75. The first-order valence-electron chi connectivity index (χ1n) is 3.77. The van der Waals surface area contributed by atoms with E-state index in [1.165, 1.54) is 12.7 Å². The number of hydrogen-bond acceptors (Lipinski definition) is 3. The first-order chi connectivity index (χ1) is 6.20. The smallest absolute Gasteiger partial charge is 0.277 e. The quantitative estimate of drug-likeness (QED) is 0.692. The average molecular weight is 176 g/mol. The maximum Gasteiger partial charge on any atom is 0.277 e. The molecular formula is C8H8N4O. The lowest BCUT2D eigenvalue weighted by Crippen LogP contribution is -2.09. The molecule has 0 fully saturated rings. The summed E-state index contributed by atoms with van der Waals surface area (Å²) in [6, 6.07) is 0. The Morgan fingerprint density at radius 3 is 3.08 bits per heavy atom. The Bertz CT molecular complexity index is 522. The van der Waals surface area contributed by atoms with Crippen LogP contribution in [0.25, 0.3) is 16.9 Å². The van der Waals surface area contributed by atoms with E-state index >= 15 is 0 Å². The number of fused-ring (bicyclic) bond motifs is 1. The van der Waals surface area contributed by atoms with Crippen molar-refractivity contribution in [3.63, 3.8) is 0 Å². The summed E-state index contributed by atoms with van der Waals surface area (Å²) in [7, 11) is 0. The van der Waals surface area contributed by atoms with Gasteiger partial charge in [-0.3, -0.25) is 9.36 Å². The Kier molecular flexibility index (Phi) is 1.51. The van der Waals surface area contributed by atoms with Crippen molar-refractivity contribution in [2.45, 2.75) is 6.92 Å². The van der Waals surface area contributed by atoms with Crippen molar-refractivity contribution in [2.24, 2.45) is 0 Å². The molecule has 0 aliphatic heterocycles. The molecule has 2 heterocycles. The van der Waals surface area contributed by atoms with Crippen LogP contribution >= 0.6 is 0 Å². The maximum absolute atomic E-state index is 11.4. The Morgan fingerprint density at radius 1 is 1.62 bits per heavy atom. The van der Waals surface area contributed by atoms with Crippen LogP contribution in [0.1, 0.15) is 6.92 Å². The van der Waals surface area contributed by atoms with Gasteiger partial charge in [-0.15, -0.1) is 0 Å². The number of nitrogens with zero attached hydrogens (tertiary/aromatic N) is 3. The van der Waals surface area contributed by atoms with Gasteiger partial charge in [0.05, 0.1) is 6.33 Å². The number of H-pyrrole nitrogens is 1. The van der Waals surface area contributed by atoms with Crippen LogP contribution in [-0.2, 0) is 0 Å². The molecule has 0 aliphatic carbocycles. The van der Waals surface area contributed by atoms with Gasteiger partial charge >= 0.3 is 0 Å². The summed E-state index contributed by atoms with van der Waals surface area (Å²) in [5, 5.41) is 0. The van der Waals surface area contributed by atoms with Gasteiger partial charge in [0.25, 0.3) is 5.56 Å². The number of rotatable bonds is 1. The van der Waals surface area contributed by atoms with E-state index < -0.39 is 0 Å². The highest BCUT2D eigenvalue weighted by atomic mass is 16.1. The summed E-state index contributed by atoms with van der Waals surface area (Å²) in [4.78, 5) is 21.7. The Labute approximate surface area is 73.8 Å². The van der Waals surface area contributed by atoms with Crippen molar-refractivity contribution in [1.29, 1.82) is 0 Å². The van der Waals surface area contributed by atoms with E-state index in [9.17, 15) is 4.79 Å². The fraction of sp³-hybridized carbons (Fsp3) is 0.125. The predicted octanol–water partition coefficient (Wildman–Crippen LogP) is 0.610. The topological polar surface area (TPSA) is 63.6 Å². The van der Waals surface area contributed by atoms with E-state index in [0.29, 0.717) is 11.2 Å². The lowest BCUT2D eigenvalue weighted by molar-refractivity contribution is 1.09. The normalized spacial score (nSPS) is 10.5. The van der Waals surface area contributed by atoms with Crippen LogP contribution in [-0.4, -0.2) is 19.5 Å². The predicted molar refractivity (Wildman–Crippen MR) is 49.2 cm³/mol. The van der Waals surface area contributed by atoms with E-state index in [0.717, 1.165) is 5.70 Å². The van der Waals surface area contributed by atoms with Crippen LogP contribution in [0.5, 0.6) is 0 Å². The van der Waals surface area contributed by atoms with Crippen molar-refractivity contribution in [3.05, 3.63) is 29.6 Å². The summed E-state index contributed by atoms with van der Waals surface area (Å²) in [5.74, 6) is 0. The van der Waals surface area contributed by atoms with Gasteiger partial charge in [-0.2, -0.15) is 0 Å². The number of nitrogens with one attached hydrogen (secondary N) is 1. The molecule has 0 atom stereocenters. The molecule has 5 nitrogen and oxygen atoms in total. The molecule has 66 valence electrons. The third kappa shape index (κ3) is 1.05. The molecule has 0 spiro atoms. The van der Waals surface area contributed by atoms with Gasteiger partial charge in [0.1, 0.15) is 6.33 Å². The molecule has 1 N–H and O–H groups in total. The fourth-order valence-electron chi connectivity index (χ4n) is 1.15. The minimum absolute atomic E-state index is 0.203. The van der Waals surface area contributed by atoms with Gasteiger partial charge in [0, 0.05) is 5.70 Å². The van der Waals surface area contributed by atoms with E-state index in [4.69, 9.17) is 0 Å². The zero-order valence-corrected chi connectivity index (χ0v) is 7.11. The number of hydrogen-bond donors (Lipinski definition) is 1. The molecule has 2 aromatic rings. The van der Waals surface area contributed by atoms with Gasteiger partial charge < -0.3 is 4.98 Å². The van der Waals surface area contributed by atoms with E-state index in [2.05, 4.69) is 21.5 Å². The molecule has 0 bridgehead atoms. The van der Waals surface area contributed by atoms with Crippen molar-refractivity contribution >= 4 is 16.9 Å². The lowest BCUT2D eigenvalue weighted by Gasteiger charge is -1.98. The Morgan fingerprint density at radius 2 is 2.38 bits per heavy atom. The van der Waals surface area contributed by atoms with Crippen molar-refractivity contribution in [1.82, 2.24) is 19.5 Å². The van der Waals surface area contributed by atoms with Crippen LogP contribution in [0.4, 0.5) is 0 Å². The standard InChI is InChI=1S/C8H8N4O/c1-5(2)12-4-11-7-6(12)8(13)10-3-9-7/h3-4H,1H2,2H3,(H,9,10,13). The minimum Gasteiger partial charge on any atom is -0.311 e. The molecule has 0 aromatic carbocycles. The molecule has 0 amide bonds. The molecule has 5 heteroatoms. The minimum atomic E-state index is -0.203. The number of imidazole rings is 1. The molecular weight excluding hydrogens is 168 g/mol. The van der Waals surface area contributed by atoms with Crippen LogP contribution in [0.3, 0.4) is 0 Å². The lowest BCUT2D eigenvalue weighted by atomic mass is 10.5. The first-order valence-corrected chi connectivity index (χ1v) is 3.77. The molecule has 2 rings (SSSR count). The van der Waals surface area contributed by atoms with E-state index in [1.54, 1.807) is 11.5 Å². The molecule has 2 aromatic heterocycles. The van der Waals surface area contributed by atoms with Crippen molar-refractivity contribution < 1.29 is 0 Å². The number of aromatic nitrogens is 4. The zero-order valence-electron chi connectivity index (χ0n) is 7.11. The zero-order chi connectivity index (χ0) is 9.42. The first kappa shape index (κ1) is 7.72. The van der Waals surface area contributed by atoms with Gasteiger partial charge in [-0.25, -0.2) is 9.97 Å². The van der Waals surface area contributed by atoms with E-state index in [-0.39, 0.29) is 5.56 Å². The fourth-order valence-corrected chi connectivity index (χ4v) is 1.15. The van der Waals surface area contributed by atoms with Crippen LogP contribution < -0.4 is 5.56 Å². The third-order valence-electron chi connectivity index (χ3n) is 1.76. The van der Waals surface area contributed by atoms with Gasteiger partial charge in [-0.1, -0.05) is 6.58 Å². The molecule has 13 heavy (non-hydrogen) atoms. The van der Waals surface area contributed by atoms with Crippen molar-refractivity contribution in [2.75, 3.05) is 0 Å². The average Bonchev–Trinajstić information content (AvgIpc) is 2.49. The highest BCUT2D eigenvalue weighted by Gasteiger charge is 2.06. The van der Waals surface area contributed by atoms with Gasteiger partial charge in [0.2, 0.25) is 0 Å². The molecule has 0 aliphatic rings. The maximum atomic E-state index is 11.4. The summed E-state index contributed by atoms with van der Waals surface area (Å²) in [6.07, 6.45) is 2.87. The van der Waals surface area contributed by atoms with Crippen LogP contribution in [0.2, 0.25) is 0 Å². The number of aromatic amines is 1. The number of allylic oxidation sites excluding steroid dienone is 1. The van der Waals surface area contributed by atoms with Gasteiger partial charge in [-0.05, 0) is 6.92 Å². The highest BCUT2D eigenvalue weighted by molar-refractivity contribution is 5.73. The molecule has 0 unspecified atom stereocenters. The van der Waals surface area contributed by atoms with Crippen molar-refractivity contribution in [3.8, 4) is 0 Å². The molecule has 0 radical (unpaired) electrons. The highest BCUT2D eigenvalue weighted by Crippen LogP contribution is 2.08. The van der Waals surface area contributed by atoms with Crippen LogP contribution in [0, 0.1) is 0 Å².